The van der Waals surface area contributed by atoms with Gasteiger partial charge in [-0.05, 0) is 42.0 Å². The molecule has 0 amide bonds. The number of halogens is 2. The van der Waals surface area contributed by atoms with Crippen molar-refractivity contribution < 1.29 is 4.39 Å². The normalized spacial score (nSPS) is 23.4. The van der Waals surface area contributed by atoms with Crippen LogP contribution < -0.4 is 5.73 Å². The summed E-state index contributed by atoms with van der Waals surface area (Å²) in [5, 5.41) is 0. The van der Waals surface area contributed by atoms with Gasteiger partial charge in [0.15, 0.2) is 0 Å². The van der Waals surface area contributed by atoms with Crippen molar-refractivity contribution >= 4 is 21.5 Å². The van der Waals surface area contributed by atoms with Crippen LogP contribution in [0.15, 0.2) is 28.7 Å². The van der Waals surface area contributed by atoms with Gasteiger partial charge < -0.3 is 5.73 Å². The van der Waals surface area contributed by atoms with Crippen LogP contribution in [-0.2, 0) is 0 Å². The van der Waals surface area contributed by atoms with Crippen LogP contribution in [0.4, 0.5) is 4.39 Å². The average Bonchev–Trinajstić information content (AvgIpc) is 2.18. The Morgan fingerprint density at radius 2 is 2.12 bits per heavy atom. The van der Waals surface area contributed by atoms with Crippen molar-refractivity contribution in [1.82, 2.24) is 0 Å². The summed E-state index contributed by atoms with van der Waals surface area (Å²) in [6.45, 7) is 4.35. The summed E-state index contributed by atoms with van der Waals surface area (Å²) in [6, 6.07) is 5.06. The van der Waals surface area contributed by atoms with Crippen LogP contribution in [0, 0.1) is 11.2 Å². The van der Waals surface area contributed by atoms with E-state index in [0.717, 1.165) is 22.9 Å². The number of benzene rings is 1. The van der Waals surface area contributed by atoms with Gasteiger partial charge in [-0.2, -0.15) is 0 Å². The van der Waals surface area contributed by atoms with E-state index in [9.17, 15) is 4.39 Å². The van der Waals surface area contributed by atoms with Gasteiger partial charge in [0.25, 0.3) is 0 Å². The molecule has 1 nitrogen and oxygen atoms in total. The molecule has 0 radical (unpaired) electrons. The van der Waals surface area contributed by atoms with E-state index in [1.807, 2.05) is 12.1 Å². The molecule has 0 heterocycles. The van der Waals surface area contributed by atoms with E-state index in [1.54, 1.807) is 6.07 Å². The molecule has 1 aliphatic carbocycles. The highest BCUT2D eigenvalue weighted by Crippen LogP contribution is 2.40. The molecule has 0 saturated heterocycles. The molecule has 2 N–H and O–H groups in total. The van der Waals surface area contributed by atoms with Crippen LogP contribution in [0.5, 0.6) is 0 Å². The molecule has 17 heavy (non-hydrogen) atoms. The Kier molecular flexibility index (Phi) is 3.41. The lowest BCUT2D eigenvalue weighted by molar-refractivity contribution is 0.318. The maximum Gasteiger partial charge on any atom is 0.130 e. The lowest BCUT2D eigenvalue weighted by Gasteiger charge is -2.33. The van der Waals surface area contributed by atoms with E-state index in [0.29, 0.717) is 5.56 Å². The van der Waals surface area contributed by atoms with E-state index in [1.165, 1.54) is 6.07 Å². The highest BCUT2D eigenvalue weighted by Gasteiger charge is 2.28. The van der Waals surface area contributed by atoms with E-state index < -0.39 is 0 Å². The zero-order valence-corrected chi connectivity index (χ0v) is 11.7. The van der Waals surface area contributed by atoms with Crippen molar-refractivity contribution in [3.63, 3.8) is 0 Å². The molecule has 1 aromatic rings. The third-order valence-electron chi connectivity index (χ3n) is 3.15. The second-order valence-corrected chi connectivity index (χ2v) is 6.44. The van der Waals surface area contributed by atoms with Gasteiger partial charge in [0.1, 0.15) is 5.82 Å². The molecule has 0 fully saturated rings. The van der Waals surface area contributed by atoms with Crippen molar-refractivity contribution in [2.45, 2.75) is 32.7 Å². The molecule has 1 unspecified atom stereocenters. The standard InChI is InChI=1S/C14H17BrFN/c1-14(2)7-9(5-11(17)8-14)12-6-10(15)3-4-13(12)16/h3-6,11H,7-8,17H2,1-2H3. The van der Waals surface area contributed by atoms with E-state index in [2.05, 4.69) is 29.8 Å². The monoisotopic (exact) mass is 297 g/mol. The predicted molar refractivity (Wildman–Crippen MR) is 73.1 cm³/mol. The van der Waals surface area contributed by atoms with Crippen LogP contribution in [0.2, 0.25) is 0 Å². The van der Waals surface area contributed by atoms with Gasteiger partial charge in [0.2, 0.25) is 0 Å². The van der Waals surface area contributed by atoms with Crippen LogP contribution in [0.1, 0.15) is 32.3 Å². The Hall–Kier alpha value is -0.670. The van der Waals surface area contributed by atoms with E-state index in [-0.39, 0.29) is 17.3 Å². The molecule has 92 valence electrons. The highest BCUT2D eigenvalue weighted by atomic mass is 79.9. The summed E-state index contributed by atoms with van der Waals surface area (Å²) in [4.78, 5) is 0. The summed E-state index contributed by atoms with van der Waals surface area (Å²) < 4.78 is 14.7. The largest absolute Gasteiger partial charge is 0.324 e. The summed E-state index contributed by atoms with van der Waals surface area (Å²) in [5.41, 5.74) is 7.84. The molecular weight excluding hydrogens is 281 g/mol. The minimum Gasteiger partial charge on any atom is -0.324 e. The van der Waals surface area contributed by atoms with Gasteiger partial charge in [-0.15, -0.1) is 0 Å². The topological polar surface area (TPSA) is 26.0 Å². The fraction of sp³-hybridized carbons (Fsp3) is 0.429. The Bertz CT molecular complexity index is 465. The summed E-state index contributed by atoms with van der Waals surface area (Å²) >= 11 is 3.38. The van der Waals surface area contributed by atoms with Crippen molar-refractivity contribution in [3.8, 4) is 0 Å². The average molecular weight is 298 g/mol. The molecule has 0 aromatic heterocycles. The van der Waals surface area contributed by atoms with Crippen molar-refractivity contribution in [3.05, 3.63) is 40.1 Å². The number of nitrogens with two attached hydrogens (primary N) is 1. The molecule has 1 aliphatic rings. The zero-order chi connectivity index (χ0) is 12.6. The number of hydrogen-bond donors (Lipinski definition) is 1. The third-order valence-corrected chi connectivity index (χ3v) is 3.64. The predicted octanol–water partition coefficient (Wildman–Crippen LogP) is 4.12. The maximum absolute atomic E-state index is 13.8. The van der Waals surface area contributed by atoms with E-state index >= 15 is 0 Å². The third kappa shape index (κ3) is 2.96. The first-order valence-corrected chi connectivity index (χ1v) is 6.58. The Balaban J connectivity index is 2.43. The van der Waals surface area contributed by atoms with Crippen LogP contribution in [-0.4, -0.2) is 6.04 Å². The van der Waals surface area contributed by atoms with Crippen molar-refractivity contribution in [2.75, 3.05) is 0 Å². The van der Waals surface area contributed by atoms with Crippen molar-refractivity contribution in [2.24, 2.45) is 11.1 Å². The molecule has 0 saturated carbocycles. The van der Waals surface area contributed by atoms with Crippen LogP contribution in [0.25, 0.3) is 5.57 Å². The van der Waals surface area contributed by atoms with Crippen LogP contribution in [0.3, 0.4) is 0 Å². The second kappa shape index (κ2) is 4.54. The quantitative estimate of drug-likeness (QED) is 0.829. The number of allylic oxidation sites excluding steroid dienone is 1. The zero-order valence-electron chi connectivity index (χ0n) is 10.1. The summed E-state index contributed by atoms with van der Waals surface area (Å²) in [5.74, 6) is -0.177. The fourth-order valence-electron chi connectivity index (χ4n) is 2.53. The molecule has 3 heteroatoms. The fourth-order valence-corrected chi connectivity index (χ4v) is 2.89. The Labute approximate surface area is 110 Å². The van der Waals surface area contributed by atoms with Gasteiger partial charge in [-0.3, -0.25) is 0 Å². The number of rotatable bonds is 1. The SMILES string of the molecule is CC1(C)CC(c2cc(Br)ccc2F)=CC(N)C1. The highest BCUT2D eigenvalue weighted by molar-refractivity contribution is 9.10. The molecule has 2 rings (SSSR count). The van der Waals surface area contributed by atoms with Gasteiger partial charge in [-0.1, -0.05) is 35.9 Å². The summed E-state index contributed by atoms with van der Waals surface area (Å²) in [7, 11) is 0. The van der Waals surface area contributed by atoms with Gasteiger partial charge in [0, 0.05) is 16.1 Å². The minimum absolute atomic E-state index is 0.0205. The molecular formula is C14H17BrFN. The second-order valence-electron chi connectivity index (χ2n) is 5.53. The first-order valence-electron chi connectivity index (χ1n) is 5.79. The minimum atomic E-state index is -0.177. The maximum atomic E-state index is 13.8. The molecule has 1 aromatic carbocycles. The Morgan fingerprint density at radius 1 is 1.41 bits per heavy atom. The number of hydrogen-bond acceptors (Lipinski definition) is 1. The lowest BCUT2D eigenvalue weighted by Crippen LogP contribution is -2.30. The molecule has 0 spiro atoms. The van der Waals surface area contributed by atoms with E-state index in [4.69, 9.17) is 5.73 Å². The summed E-state index contributed by atoms with van der Waals surface area (Å²) in [6.07, 6.45) is 3.82. The van der Waals surface area contributed by atoms with Gasteiger partial charge in [-0.25, -0.2) is 4.39 Å². The van der Waals surface area contributed by atoms with Crippen molar-refractivity contribution in [1.29, 1.82) is 0 Å². The molecule has 0 aliphatic heterocycles. The Morgan fingerprint density at radius 3 is 2.76 bits per heavy atom. The molecule has 1 atom stereocenters. The first-order chi connectivity index (χ1) is 7.87. The smallest absolute Gasteiger partial charge is 0.130 e. The first kappa shape index (κ1) is 12.8. The van der Waals surface area contributed by atoms with Gasteiger partial charge >= 0.3 is 0 Å². The molecule has 0 bridgehead atoms. The lowest BCUT2D eigenvalue weighted by atomic mass is 9.74. The van der Waals surface area contributed by atoms with Gasteiger partial charge in [0.05, 0.1) is 0 Å². The van der Waals surface area contributed by atoms with Crippen LogP contribution >= 0.6 is 15.9 Å².